The van der Waals surface area contributed by atoms with Gasteiger partial charge in [-0.05, 0) is 24.4 Å². The number of halogens is 1. The Morgan fingerprint density at radius 3 is 2.88 bits per heavy atom. The molecule has 0 aliphatic rings. The molecule has 0 fully saturated rings. The third kappa shape index (κ3) is 2.99. The number of nitrogens with two attached hydrogens (primary N) is 1. The molecule has 16 heavy (non-hydrogen) atoms. The number of aromatic carboxylic acids is 1. The first kappa shape index (κ1) is 12.1. The van der Waals surface area contributed by atoms with E-state index in [2.05, 4.69) is 22.7 Å². The predicted octanol–water partition coefficient (Wildman–Crippen LogP) is 0.691. The first-order chi connectivity index (χ1) is 7.52. The van der Waals surface area contributed by atoms with Gasteiger partial charge in [-0.15, -0.1) is 0 Å². The molecule has 0 bridgehead atoms. The number of carboxylic acids is 1. The first-order valence-corrected chi connectivity index (χ1v) is 4.53. The molecule has 0 aliphatic carbocycles. The summed E-state index contributed by atoms with van der Waals surface area (Å²) in [5.74, 6) is -1.93. The van der Waals surface area contributed by atoms with Crippen molar-refractivity contribution >= 4 is 29.5 Å². The normalized spacial score (nSPS) is 10.3. The van der Waals surface area contributed by atoms with Gasteiger partial charge in [-0.2, -0.15) is 5.10 Å². The summed E-state index contributed by atoms with van der Waals surface area (Å²) in [6.07, 6.45) is 1.01. The van der Waals surface area contributed by atoms with E-state index in [4.69, 9.17) is 10.8 Å². The summed E-state index contributed by atoms with van der Waals surface area (Å²) in [6, 6.07) is 3.71. The van der Waals surface area contributed by atoms with Crippen LogP contribution < -0.4 is 11.2 Å². The molecular weight excluding hydrogens is 233 g/mol. The molecule has 0 atom stereocenters. The van der Waals surface area contributed by atoms with E-state index in [0.717, 1.165) is 12.3 Å². The van der Waals surface area contributed by atoms with E-state index in [0.29, 0.717) is 0 Å². The molecule has 0 radical (unpaired) electrons. The van der Waals surface area contributed by atoms with Crippen molar-refractivity contribution in [3.8, 4) is 0 Å². The van der Waals surface area contributed by atoms with Gasteiger partial charge in [-0.3, -0.25) is 5.43 Å². The molecule has 0 aromatic heterocycles. The van der Waals surface area contributed by atoms with Crippen molar-refractivity contribution in [2.45, 2.75) is 0 Å². The number of thiocarbonyl (C=S) groups is 1. The van der Waals surface area contributed by atoms with Crippen LogP contribution in [0.4, 0.5) is 4.39 Å². The fraction of sp³-hybridized carbons (Fsp3) is 0. The number of carbonyl (C=O) groups is 1. The fourth-order valence-electron chi connectivity index (χ4n) is 1.02. The van der Waals surface area contributed by atoms with Crippen LogP contribution >= 0.6 is 12.2 Å². The minimum atomic E-state index is -1.24. The Labute approximate surface area is 95.8 Å². The van der Waals surface area contributed by atoms with Gasteiger partial charge in [0, 0.05) is 5.56 Å². The fourth-order valence-corrected chi connectivity index (χ4v) is 1.07. The summed E-state index contributed by atoms with van der Waals surface area (Å²) < 4.78 is 13.3. The summed E-state index contributed by atoms with van der Waals surface area (Å²) in [7, 11) is 0. The molecule has 7 heteroatoms. The van der Waals surface area contributed by atoms with E-state index in [1.54, 1.807) is 0 Å². The number of benzene rings is 1. The highest BCUT2D eigenvalue weighted by atomic mass is 32.1. The summed E-state index contributed by atoms with van der Waals surface area (Å²) >= 11 is 4.47. The second kappa shape index (κ2) is 5.17. The first-order valence-electron chi connectivity index (χ1n) is 4.12. The number of carboxylic acid groups (broad SMARTS) is 1. The van der Waals surface area contributed by atoms with Gasteiger partial charge in [0.15, 0.2) is 5.11 Å². The highest BCUT2D eigenvalue weighted by Crippen LogP contribution is 2.11. The Morgan fingerprint density at radius 1 is 1.62 bits per heavy atom. The molecule has 0 amide bonds. The molecular formula is C9H8FN3O2S. The molecule has 0 saturated carbocycles. The Bertz CT molecular complexity index is 462. The van der Waals surface area contributed by atoms with Crippen molar-refractivity contribution in [2.75, 3.05) is 0 Å². The predicted molar refractivity (Wildman–Crippen MR) is 60.9 cm³/mol. The summed E-state index contributed by atoms with van der Waals surface area (Å²) in [5.41, 5.74) is 6.97. The molecule has 84 valence electrons. The largest absolute Gasteiger partial charge is 0.478 e. The topological polar surface area (TPSA) is 87.7 Å². The van der Waals surface area contributed by atoms with Gasteiger partial charge in [0.05, 0.1) is 11.8 Å². The molecule has 0 aliphatic heterocycles. The Morgan fingerprint density at radius 2 is 2.31 bits per heavy atom. The highest BCUT2D eigenvalue weighted by Gasteiger charge is 2.11. The second-order valence-electron chi connectivity index (χ2n) is 2.74. The maximum absolute atomic E-state index is 13.3. The van der Waals surface area contributed by atoms with Crippen LogP contribution in [0.3, 0.4) is 0 Å². The maximum Gasteiger partial charge on any atom is 0.336 e. The standard InChI is InChI=1S/C9H8FN3O2S/c10-7-3-1-2-5(8(14)15)6(7)4-12-13-9(11)16/h1-4H,(H,14,15)(H3,11,13,16). The van der Waals surface area contributed by atoms with Crippen molar-refractivity contribution in [2.24, 2.45) is 10.8 Å². The molecule has 0 spiro atoms. The van der Waals surface area contributed by atoms with Gasteiger partial charge in [0.2, 0.25) is 0 Å². The third-order valence-electron chi connectivity index (χ3n) is 1.65. The van der Waals surface area contributed by atoms with E-state index in [1.165, 1.54) is 12.1 Å². The maximum atomic E-state index is 13.3. The van der Waals surface area contributed by atoms with Gasteiger partial charge in [-0.1, -0.05) is 6.07 Å². The SMILES string of the molecule is NC(=S)NN=Cc1c(F)cccc1C(=O)O. The van der Waals surface area contributed by atoms with Crippen LogP contribution in [0.15, 0.2) is 23.3 Å². The van der Waals surface area contributed by atoms with E-state index >= 15 is 0 Å². The summed E-state index contributed by atoms with van der Waals surface area (Å²) in [4.78, 5) is 10.8. The van der Waals surface area contributed by atoms with Gasteiger partial charge >= 0.3 is 5.97 Å². The van der Waals surface area contributed by atoms with Crippen molar-refractivity contribution in [3.63, 3.8) is 0 Å². The van der Waals surface area contributed by atoms with Crippen molar-refractivity contribution in [3.05, 3.63) is 35.1 Å². The molecule has 1 rings (SSSR count). The number of nitrogens with zero attached hydrogens (tertiary/aromatic N) is 1. The van der Waals surface area contributed by atoms with Crippen LogP contribution in [0.5, 0.6) is 0 Å². The average Bonchev–Trinajstić information content (AvgIpc) is 2.19. The molecule has 4 N–H and O–H groups in total. The molecule has 0 saturated heterocycles. The lowest BCUT2D eigenvalue weighted by molar-refractivity contribution is 0.0696. The molecule has 1 aromatic carbocycles. The Hall–Kier alpha value is -2.02. The second-order valence-corrected chi connectivity index (χ2v) is 3.18. The van der Waals surface area contributed by atoms with E-state index in [9.17, 15) is 9.18 Å². The van der Waals surface area contributed by atoms with Crippen molar-refractivity contribution in [1.29, 1.82) is 0 Å². The lowest BCUT2D eigenvalue weighted by Crippen LogP contribution is -2.24. The zero-order chi connectivity index (χ0) is 12.1. The monoisotopic (exact) mass is 241 g/mol. The molecule has 0 unspecified atom stereocenters. The zero-order valence-corrected chi connectivity index (χ0v) is 8.79. The highest BCUT2D eigenvalue weighted by molar-refractivity contribution is 7.80. The lowest BCUT2D eigenvalue weighted by Gasteiger charge is -2.01. The van der Waals surface area contributed by atoms with Gasteiger partial charge in [-0.25, -0.2) is 9.18 Å². The van der Waals surface area contributed by atoms with Gasteiger partial charge < -0.3 is 10.8 Å². The molecule has 1 aromatic rings. The molecule has 5 nitrogen and oxygen atoms in total. The third-order valence-corrected chi connectivity index (χ3v) is 1.74. The summed E-state index contributed by atoms with van der Waals surface area (Å²) in [6.45, 7) is 0. The van der Waals surface area contributed by atoms with Crippen LogP contribution in [0.1, 0.15) is 15.9 Å². The summed E-state index contributed by atoms with van der Waals surface area (Å²) in [5, 5.41) is 12.2. The average molecular weight is 241 g/mol. The van der Waals surface area contributed by atoms with E-state index in [1.807, 2.05) is 0 Å². The number of hydrazone groups is 1. The van der Waals surface area contributed by atoms with E-state index in [-0.39, 0.29) is 16.2 Å². The molecule has 0 heterocycles. The Kier molecular flexibility index (Phi) is 3.90. The van der Waals surface area contributed by atoms with Crippen molar-refractivity contribution in [1.82, 2.24) is 5.43 Å². The lowest BCUT2D eigenvalue weighted by atomic mass is 10.1. The zero-order valence-electron chi connectivity index (χ0n) is 7.98. The van der Waals surface area contributed by atoms with Crippen LogP contribution in [0.25, 0.3) is 0 Å². The van der Waals surface area contributed by atoms with E-state index < -0.39 is 11.8 Å². The van der Waals surface area contributed by atoms with Gasteiger partial charge in [0.1, 0.15) is 5.82 Å². The number of rotatable bonds is 3. The number of hydrogen-bond donors (Lipinski definition) is 3. The smallest absolute Gasteiger partial charge is 0.336 e. The van der Waals surface area contributed by atoms with Crippen LogP contribution in [0.2, 0.25) is 0 Å². The minimum absolute atomic E-state index is 0.0931. The van der Waals surface area contributed by atoms with Crippen LogP contribution in [-0.4, -0.2) is 22.4 Å². The van der Waals surface area contributed by atoms with Crippen molar-refractivity contribution < 1.29 is 14.3 Å². The number of nitrogens with one attached hydrogen (secondary N) is 1. The quantitative estimate of drug-likeness (QED) is 0.411. The Balaban J connectivity index is 3.06. The van der Waals surface area contributed by atoms with Gasteiger partial charge in [0.25, 0.3) is 0 Å². The van der Waals surface area contributed by atoms with Crippen LogP contribution in [0, 0.1) is 5.82 Å². The minimum Gasteiger partial charge on any atom is -0.478 e. The van der Waals surface area contributed by atoms with Crippen LogP contribution in [-0.2, 0) is 0 Å². The number of hydrogen-bond acceptors (Lipinski definition) is 3.